The van der Waals surface area contributed by atoms with Crippen molar-refractivity contribution < 1.29 is 27.5 Å². The summed E-state index contributed by atoms with van der Waals surface area (Å²) in [6.07, 6.45) is -3.26. The Morgan fingerprint density at radius 3 is 2.60 bits per heavy atom. The summed E-state index contributed by atoms with van der Waals surface area (Å²) >= 11 is 0. The van der Waals surface area contributed by atoms with E-state index < -0.39 is 29.8 Å². The Bertz CT molecular complexity index is 1070. The Morgan fingerprint density at radius 1 is 1.30 bits per heavy atom. The summed E-state index contributed by atoms with van der Waals surface area (Å²) in [5, 5.41) is 11.5. The van der Waals surface area contributed by atoms with E-state index in [1.54, 1.807) is 0 Å². The van der Waals surface area contributed by atoms with Crippen LogP contribution in [-0.2, 0) is 15.7 Å². The molecule has 1 aromatic carbocycles. The molecule has 0 bridgehead atoms. The molecule has 0 aliphatic carbocycles. The minimum atomic E-state index is -4.60. The van der Waals surface area contributed by atoms with Crippen molar-refractivity contribution in [2.24, 2.45) is 0 Å². The first kappa shape index (κ1) is 20.9. The molecule has 0 saturated heterocycles. The number of urea groups is 1. The second-order valence-electron chi connectivity index (χ2n) is 6.35. The van der Waals surface area contributed by atoms with Gasteiger partial charge < -0.3 is 10.1 Å². The summed E-state index contributed by atoms with van der Waals surface area (Å²) in [5.41, 5.74) is -0.297. The molecule has 1 N–H and O–H groups in total. The van der Waals surface area contributed by atoms with Crippen molar-refractivity contribution in [3.8, 4) is 6.07 Å². The fourth-order valence-corrected chi connectivity index (χ4v) is 3.14. The maximum absolute atomic E-state index is 13.1. The van der Waals surface area contributed by atoms with Crippen LogP contribution in [0.1, 0.15) is 29.8 Å². The van der Waals surface area contributed by atoms with E-state index in [1.165, 1.54) is 37.4 Å². The molecule has 7 nitrogen and oxygen atoms in total. The highest BCUT2D eigenvalue weighted by molar-refractivity contribution is 6.03. The molecule has 2 heterocycles. The van der Waals surface area contributed by atoms with Crippen molar-refractivity contribution >= 4 is 17.7 Å². The van der Waals surface area contributed by atoms with E-state index in [9.17, 15) is 22.8 Å². The number of halogens is 3. The molecule has 0 radical (unpaired) electrons. The molecule has 10 heteroatoms. The number of alkyl halides is 3. The van der Waals surface area contributed by atoms with Gasteiger partial charge in [-0.3, -0.25) is 4.90 Å². The molecule has 2 amide bonds. The van der Waals surface area contributed by atoms with Crippen LogP contribution in [0.4, 0.5) is 23.7 Å². The van der Waals surface area contributed by atoms with Gasteiger partial charge in [-0.1, -0.05) is 12.1 Å². The van der Waals surface area contributed by atoms with Crippen LogP contribution in [0.2, 0.25) is 0 Å². The van der Waals surface area contributed by atoms with Gasteiger partial charge in [-0.15, -0.1) is 0 Å². The van der Waals surface area contributed by atoms with Gasteiger partial charge in [0.15, 0.2) is 0 Å². The molecule has 0 spiro atoms. The molecular formula is C20H15F3N4O3. The number of hydrogen-bond acceptors (Lipinski definition) is 5. The minimum absolute atomic E-state index is 0.0287. The van der Waals surface area contributed by atoms with E-state index in [0.717, 1.165) is 24.1 Å². The number of methoxy groups -OCH3 is 1. The van der Waals surface area contributed by atoms with Gasteiger partial charge in [-0.2, -0.15) is 18.4 Å². The molecule has 1 aromatic heterocycles. The maximum Gasteiger partial charge on any atom is 0.416 e. The number of nitriles is 1. The quantitative estimate of drug-likeness (QED) is 0.770. The molecule has 0 saturated carbocycles. The minimum Gasteiger partial charge on any atom is -0.466 e. The molecule has 154 valence electrons. The summed E-state index contributed by atoms with van der Waals surface area (Å²) < 4.78 is 44.1. The SMILES string of the molecule is COC(=O)C1=C(C)N(c2cccc(C(F)(F)F)c2)C(=O)N[C@@H]1c1ccc(C#N)nc1. The number of rotatable bonds is 3. The molecule has 0 fully saturated rings. The Kier molecular flexibility index (Phi) is 5.47. The van der Waals surface area contributed by atoms with Gasteiger partial charge in [-0.25, -0.2) is 14.6 Å². The summed E-state index contributed by atoms with van der Waals surface area (Å²) in [7, 11) is 1.15. The molecule has 30 heavy (non-hydrogen) atoms. The Labute approximate surface area is 169 Å². The van der Waals surface area contributed by atoms with Gasteiger partial charge in [0.2, 0.25) is 0 Å². The standard InChI is InChI=1S/C20H15F3N4O3/c1-11-16(18(28)30-2)17(12-6-7-14(9-24)25-10-12)26-19(29)27(11)15-5-3-4-13(8-15)20(21,22)23/h3-8,10,17H,1-2H3,(H,26,29)/t17-/m1/s1. The normalized spacial score (nSPS) is 16.7. The zero-order chi connectivity index (χ0) is 22.1. The average molecular weight is 416 g/mol. The Hall–Kier alpha value is -3.87. The van der Waals surface area contributed by atoms with E-state index in [-0.39, 0.29) is 22.7 Å². The van der Waals surface area contributed by atoms with Gasteiger partial charge in [0.1, 0.15) is 11.8 Å². The van der Waals surface area contributed by atoms with Crippen LogP contribution in [0.5, 0.6) is 0 Å². The molecule has 1 aliphatic rings. The number of ether oxygens (including phenoxy) is 1. The number of pyridine rings is 1. The topological polar surface area (TPSA) is 95.3 Å². The number of allylic oxidation sites excluding steroid dienone is 1. The number of benzene rings is 1. The highest BCUT2D eigenvalue weighted by atomic mass is 19.4. The summed E-state index contributed by atoms with van der Waals surface area (Å²) in [6.45, 7) is 1.44. The van der Waals surface area contributed by atoms with Crippen LogP contribution >= 0.6 is 0 Å². The molecule has 3 rings (SSSR count). The zero-order valence-corrected chi connectivity index (χ0v) is 15.8. The van der Waals surface area contributed by atoms with Crippen molar-refractivity contribution in [2.75, 3.05) is 12.0 Å². The van der Waals surface area contributed by atoms with E-state index in [1.807, 2.05) is 6.07 Å². The van der Waals surface area contributed by atoms with Gasteiger partial charge in [0.25, 0.3) is 0 Å². The number of esters is 1. The van der Waals surface area contributed by atoms with Crippen LogP contribution < -0.4 is 10.2 Å². The second kappa shape index (κ2) is 7.87. The lowest BCUT2D eigenvalue weighted by Gasteiger charge is -2.35. The molecule has 0 unspecified atom stereocenters. The summed E-state index contributed by atoms with van der Waals surface area (Å²) in [4.78, 5) is 30.2. The van der Waals surface area contributed by atoms with Crippen molar-refractivity contribution in [1.29, 1.82) is 5.26 Å². The number of nitrogens with zero attached hydrogens (tertiary/aromatic N) is 3. The number of anilines is 1. The maximum atomic E-state index is 13.1. The van der Waals surface area contributed by atoms with Crippen LogP contribution in [0.15, 0.2) is 53.9 Å². The van der Waals surface area contributed by atoms with Gasteiger partial charge in [-0.05, 0) is 36.8 Å². The average Bonchev–Trinajstić information content (AvgIpc) is 2.72. The fourth-order valence-electron chi connectivity index (χ4n) is 3.14. The van der Waals surface area contributed by atoms with Crippen LogP contribution in [0.3, 0.4) is 0 Å². The van der Waals surface area contributed by atoms with Crippen molar-refractivity contribution in [3.05, 3.63) is 70.7 Å². The van der Waals surface area contributed by atoms with E-state index in [2.05, 4.69) is 10.3 Å². The summed E-state index contributed by atoms with van der Waals surface area (Å²) in [6, 6.07) is 7.34. The van der Waals surface area contributed by atoms with Crippen molar-refractivity contribution in [1.82, 2.24) is 10.3 Å². The van der Waals surface area contributed by atoms with E-state index in [4.69, 9.17) is 10.00 Å². The third-order valence-electron chi connectivity index (χ3n) is 4.56. The zero-order valence-electron chi connectivity index (χ0n) is 15.8. The first-order valence-corrected chi connectivity index (χ1v) is 8.60. The van der Waals surface area contributed by atoms with Crippen LogP contribution in [-0.4, -0.2) is 24.1 Å². The second-order valence-corrected chi connectivity index (χ2v) is 6.35. The first-order valence-electron chi connectivity index (χ1n) is 8.60. The van der Waals surface area contributed by atoms with E-state index in [0.29, 0.717) is 5.56 Å². The smallest absolute Gasteiger partial charge is 0.416 e. The number of carbonyl (C=O) groups is 2. The predicted molar refractivity (Wildman–Crippen MR) is 98.9 cm³/mol. The third kappa shape index (κ3) is 3.82. The monoisotopic (exact) mass is 416 g/mol. The highest BCUT2D eigenvalue weighted by Gasteiger charge is 2.38. The highest BCUT2D eigenvalue weighted by Crippen LogP contribution is 2.36. The molecule has 2 aromatic rings. The number of carbonyl (C=O) groups excluding carboxylic acids is 2. The largest absolute Gasteiger partial charge is 0.466 e. The Balaban J connectivity index is 2.13. The first-order chi connectivity index (χ1) is 14.2. The lowest BCUT2D eigenvalue weighted by Crippen LogP contribution is -2.48. The van der Waals surface area contributed by atoms with Crippen LogP contribution in [0, 0.1) is 11.3 Å². The lowest BCUT2D eigenvalue weighted by molar-refractivity contribution is -0.138. The lowest BCUT2D eigenvalue weighted by atomic mass is 9.95. The molecular weight excluding hydrogens is 401 g/mol. The van der Waals surface area contributed by atoms with Crippen LogP contribution in [0.25, 0.3) is 0 Å². The Morgan fingerprint density at radius 2 is 2.03 bits per heavy atom. The predicted octanol–water partition coefficient (Wildman–Crippen LogP) is 3.69. The van der Waals surface area contributed by atoms with Crippen molar-refractivity contribution in [2.45, 2.75) is 19.1 Å². The molecule has 1 atom stereocenters. The van der Waals surface area contributed by atoms with E-state index >= 15 is 0 Å². The number of aromatic nitrogens is 1. The number of hydrogen-bond donors (Lipinski definition) is 1. The van der Waals surface area contributed by atoms with Gasteiger partial charge in [0, 0.05) is 11.9 Å². The summed E-state index contributed by atoms with van der Waals surface area (Å²) in [5.74, 6) is -0.765. The fraction of sp³-hybridized carbons (Fsp3) is 0.200. The van der Waals surface area contributed by atoms with Crippen molar-refractivity contribution in [3.63, 3.8) is 0 Å². The number of nitrogens with one attached hydrogen (secondary N) is 1. The van der Waals surface area contributed by atoms with Gasteiger partial charge >= 0.3 is 18.2 Å². The van der Waals surface area contributed by atoms with Gasteiger partial charge in [0.05, 0.1) is 30.0 Å². The molecule has 1 aliphatic heterocycles. The third-order valence-corrected chi connectivity index (χ3v) is 4.56. The number of amides is 2.